The van der Waals surface area contributed by atoms with Gasteiger partial charge in [-0.2, -0.15) is 0 Å². The van der Waals surface area contributed by atoms with Gasteiger partial charge in [0.2, 0.25) is 0 Å². The van der Waals surface area contributed by atoms with Crippen LogP contribution in [0.15, 0.2) is 41.6 Å². The van der Waals surface area contributed by atoms with E-state index in [1.165, 1.54) is 17.1 Å². The first-order valence-corrected chi connectivity index (χ1v) is 6.44. The minimum atomic E-state index is -0.137. The topological polar surface area (TPSA) is 64.0 Å². The molecular formula is C15H17N3O2. The number of carbonyl (C=O) groups is 1. The van der Waals surface area contributed by atoms with Gasteiger partial charge in [0.1, 0.15) is 0 Å². The molecule has 20 heavy (non-hydrogen) atoms. The van der Waals surface area contributed by atoms with Crippen molar-refractivity contribution in [2.45, 2.75) is 20.4 Å². The second-order valence-electron chi connectivity index (χ2n) is 4.70. The van der Waals surface area contributed by atoms with E-state index in [4.69, 9.17) is 0 Å². The van der Waals surface area contributed by atoms with Gasteiger partial charge in [0, 0.05) is 30.4 Å². The zero-order valence-electron chi connectivity index (χ0n) is 11.6. The molecule has 2 rings (SSSR count). The van der Waals surface area contributed by atoms with E-state index in [2.05, 4.69) is 10.3 Å². The van der Waals surface area contributed by atoms with Gasteiger partial charge in [-0.25, -0.2) is 4.98 Å². The van der Waals surface area contributed by atoms with Crippen molar-refractivity contribution in [2.75, 3.05) is 6.54 Å². The standard InChI is InChI=1S/C15H17N3O2/c1-11-4-3-5-13(8-11)14(19)17-6-7-18-10-16-9-12(2)15(18)20/h3-5,8-10H,6-7H2,1-2H3,(H,17,19). The molecule has 1 N–H and O–H groups in total. The molecule has 5 nitrogen and oxygen atoms in total. The van der Waals surface area contributed by atoms with Crippen LogP contribution in [-0.2, 0) is 6.54 Å². The lowest BCUT2D eigenvalue weighted by Gasteiger charge is -2.08. The predicted molar refractivity (Wildman–Crippen MR) is 76.7 cm³/mol. The minimum Gasteiger partial charge on any atom is -0.350 e. The molecule has 1 aromatic carbocycles. The molecule has 0 bridgehead atoms. The molecule has 0 aliphatic rings. The lowest BCUT2D eigenvalue weighted by atomic mass is 10.1. The summed E-state index contributed by atoms with van der Waals surface area (Å²) in [5, 5.41) is 2.79. The van der Waals surface area contributed by atoms with Crippen molar-refractivity contribution in [1.82, 2.24) is 14.9 Å². The molecule has 0 saturated carbocycles. The number of aromatic nitrogens is 2. The average molecular weight is 271 g/mol. The molecule has 1 heterocycles. The molecule has 1 aromatic heterocycles. The van der Waals surface area contributed by atoms with Gasteiger partial charge in [0.15, 0.2) is 0 Å². The van der Waals surface area contributed by atoms with Gasteiger partial charge in [0.05, 0.1) is 6.33 Å². The Morgan fingerprint density at radius 2 is 2.15 bits per heavy atom. The Kier molecular flexibility index (Phi) is 4.30. The first-order chi connectivity index (χ1) is 9.58. The lowest BCUT2D eigenvalue weighted by molar-refractivity contribution is 0.0952. The third-order valence-corrected chi connectivity index (χ3v) is 2.99. The summed E-state index contributed by atoms with van der Waals surface area (Å²) < 4.78 is 1.49. The number of nitrogens with one attached hydrogen (secondary N) is 1. The van der Waals surface area contributed by atoms with Crippen LogP contribution in [0, 0.1) is 13.8 Å². The van der Waals surface area contributed by atoms with Crippen molar-refractivity contribution in [3.05, 3.63) is 63.8 Å². The van der Waals surface area contributed by atoms with Gasteiger partial charge < -0.3 is 5.32 Å². The number of rotatable bonds is 4. The highest BCUT2D eigenvalue weighted by Gasteiger charge is 2.05. The smallest absolute Gasteiger partial charge is 0.256 e. The van der Waals surface area contributed by atoms with Crippen molar-refractivity contribution in [3.8, 4) is 0 Å². The van der Waals surface area contributed by atoms with Gasteiger partial charge >= 0.3 is 0 Å². The quantitative estimate of drug-likeness (QED) is 0.911. The van der Waals surface area contributed by atoms with E-state index in [9.17, 15) is 9.59 Å². The largest absolute Gasteiger partial charge is 0.350 e. The summed E-state index contributed by atoms with van der Waals surface area (Å²) in [4.78, 5) is 27.7. The summed E-state index contributed by atoms with van der Waals surface area (Å²) in [5.74, 6) is -0.137. The number of hydrogen-bond donors (Lipinski definition) is 1. The maximum absolute atomic E-state index is 11.9. The van der Waals surface area contributed by atoms with Crippen molar-refractivity contribution >= 4 is 5.91 Å². The highest BCUT2D eigenvalue weighted by molar-refractivity contribution is 5.94. The average Bonchev–Trinajstić information content (AvgIpc) is 2.43. The Balaban J connectivity index is 1.95. The first-order valence-electron chi connectivity index (χ1n) is 6.44. The highest BCUT2D eigenvalue weighted by Crippen LogP contribution is 2.03. The SMILES string of the molecule is Cc1cccc(C(=O)NCCn2cncc(C)c2=O)c1. The molecule has 0 aliphatic heterocycles. The summed E-state index contributed by atoms with van der Waals surface area (Å²) in [6, 6.07) is 7.38. The van der Waals surface area contributed by atoms with Crippen LogP contribution in [0.25, 0.3) is 0 Å². The first kappa shape index (κ1) is 14.0. The highest BCUT2D eigenvalue weighted by atomic mass is 16.1. The summed E-state index contributed by atoms with van der Waals surface area (Å²) in [7, 11) is 0. The summed E-state index contributed by atoms with van der Waals surface area (Å²) in [6.45, 7) is 4.45. The Morgan fingerprint density at radius 1 is 1.35 bits per heavy atom. The van der Waals surface area contributed by atoms with Crippen LogP contribution in [0.3, 0.4) is 0 Å². The minimum absolute atomic E-state index is 0.0789. The maximum atomic E-state index is 11.9. The fraction of sp³-hybridized carbons (Fsp3) is 0.267. The van der Waals surface area contributed by atoms with Gasteiger partial charge in [0.25, 0.3) is 11.5 Å². The molecule has 2 aromatic rings. The number of carbonyl (C=O) groups excluding carboxylic acids is 1. The summed E-state index contributed by atoms with van der Waals surface area (Å²) >= 11 is 0. The normalized spacial score (nSPS) is 10.3. The predicted octanol–water partition coefficient (Wildman–Crippen LogP) is 1.29. The number of amides is 1. The maximum Gasteiger partial charge on any atom is 0.256 e. The molecule has 5 heteroatoms. The zero-order valence-corrected chi connectivity index (χ0v) is 11.6. The Labute approximate surface area is 117 Å². The second-order valence-corrected chi connectivity index (χ2v) is 4.70. The monoisotopic (exact) mass is 271 g/mol. The van der Waals surface area contributed by atoms with Crippen LogP contribution in [0.2, 0.25) is 0 Å². The van der Waals surface area contributed by atoms with Crippen molar-refractivity contribution < 1.29 is 4.79 Å². The molecule has 0 unspecified atom stereocenters. The molecule has 1 amide bonds. The third kappa shape index (κ3) is 3.32. The molecule has 0 fully saturated rings. The second kappa shape index (κ2) is 6.14. The van der Waals surface area contributed by atoms with Crippen LogP contribution in [0.4, 0.5) is 0 Å². The van der Waals surface area contributed by atoms with Crippen molar-refractivity contribution in [2.24, 2.45) is 0 Å². The van der Waals surface area contributed by atoms with Crippen LogP contribution in [0.1, 0.15) is 21.5 Å². The number of benzene rings is 1. The van der Waals surface area contributed by atoms with Crippen LogP contribution in [0.5, 0.6) is 0 Å². The number of hydrogen-bond acceptors (Lipinski definition) is 3. The van der Waals surface area contributed by atoms with Crippen LogP contribution >= 0.6 is 0 Å². The molecule has 0 radical (unpaired) electrons. The number of aryl methyl sites for hydroxylation is 2. The van der Waals surface area contributed by atoms with E-state index in [-0.39, 0.29) is 11.5 Å². The van der Waals surface area contributed by atoms with Crippen LogP contribution < -0.4 is 10.9 Å². The van der Waals surface area contributed by atoms with Gasteiger partial charge in [-0.05, 0) is 26.0 Å². The molecule has 104 valence electrons. The van der Waals surface area contributed by atoms with Crippen molar-refractivity contribution in [3.63, 3.8) is 0 Å². The molecular weight excluding hydrogens is 254 g/mol. The molecule has 0 spiro atoms. The van der Waals surface area contributed by atoms with E-state index in [0.29, 0.717) is 24.2 Å². The fourth-order valence-corrected chi connectivity index (χ4v) is 1.90. The van der Waals surface area contributed by atoms with Gasteiger partial charge in [-0.3, -0.25) is 14.2 Å². The molecule has 0 saturated heterocycles. The van der Waals surface area contributed by atoms with Crippen LogP contribution in [-0.4, -0.2) is 22.0 Å². The third-order valence-electron chi connectivity index (χ3n) is 2.99. The number of nitrogens with zero attached hydrogens (tertiary/aromatic N) is 2. The summed E-state index contributed by atoms with van der Waals surface area (Å²) in [5.41, 5.74) is 2.18. The van der Waals surface area contributed by atoms with Crippen molar-refractivity contribution in [1.29, 1.82) is 0 Å². The van der Waals surface area contributed by atoms with E-state index >= 15 is 0 Å². The van der Waals surface area contributed by atoms with E-state index in [0.717, 1.165) is 5.56 Å². The van der Waals surface area contributed by atoms with E-state index < -0.39 is 0 Å². The van der Waals surface area contributed by atoms with Gasteiger partial charge in [-0.15, -0.1) is 0 Å². The van der Waals surface area contributed by atoms with E-state index in [1.807, 2.05) is 25.1 Å². The Bertz CT molecular complexity index is 677. The Morgan fingerprint density at radius 3 is 2.90 bits per heavy atom. The van der Waals surface area contributed by atoms with Gasteiger partial charge in [-0.1, -0.05) is 17.7 Å². The summed E-state index contributed by atoms with van der Waals surface area (Å²) in [6.07, 6.45) is 3.01. The molecule has 0 atom stereocenters. The molecule has 0 aliphatic carbocycles. The Hall–Kier alpha value is -2.43. The lowest BCUT2D eigenvalue weighted by Crippen LogP contribution is -2.31. The van der Waals surface area contributed by atoms with E-state index in [1.54, 1.807) is 13.0 Å². The fourth-order valence-electron chi connectivity index (χ4n) is 1.90. The zero-order chi connectivity index (χ0) is 14.5.